The maximum absolute atomic E-state index is 7.17. The summed E-state index contributed by atoms with van der Waals surface area (Å²) >= 11 is 0. The summed E-state index contributed by atoms with van der Waals surface area (Å²) in [5.74, 6) is 0. The van der Waals surface area contributed by atoms with E-state index in [4.69, 9.17) is 151 Å². The first kappa shape index (κ1) is 90.5. The van der Waals surface area contributed by atoms with Gasteiger partial charge in [-0.25, -0.2) is 0 Å². The molecule has 0 aromatic heterocycles. The summed E-state index contributed by atoms with van der Waals surface area (Å²) in [5.41, 5.74) is 0. The van der Waals surface area contributed by atoms with E-state index in [1.807, 2.05) is 0 Å². The molecule has 0 heterocycles. The average molecular weight is 710 g/mol. The van der Waals surface area contributed by atoms with Gasteiger partial charge < -0.3 is 167 Å². The molecule has 0 unspecified atom stereocenters. The molecule has 34 N–H and O–H groups in total. The molecule has 44 heavy (non-hydrogen) atoms. The van der Waals surface area contributed by atoms with Crippen LogP contribution in [0.1, 0.15) is 0 Å². The molecule has 0 aromatic rings. The zero-order chi connectivity index (χ0) is 35.8. The molecular weight excluding hydrogens is 676 g/mol. The molecule has 0 fully saturated rings. The van der Waals surface area contributed by atoms with Crippen LogP contribution in [0.3, 0.4) is 0 Å². The van der Waals surface area contributed by atoms with E-state index in [2.05, 4.69) is 0 Å². The largest absolute Gasteiger partial charge is 2.00 e. The molecule has 264 valence electrons. The van der Waals surface area contributed by atoms with E-state index in [9.17, 15) is 0 Å². The minimum Gasteiger partial charge on any atom is -0.870 e. The fraction of sp³-hybridized carbons (Fsp3) is 0. The zero-order valence-corrected chi connectivity index (χ0v) is 23.5. The Hall–Kier alpha value is 0.589. The fourth-order valence-corrected chi connectivity index (χ4v) is 0. The Morgan fingerprint density at radius 1 is 0.159 bits per heavy atom. The maximum Gasteiger partial charge on any atom is 2.00 e. The van der Waals surface area contributed by atoms with Gasteiger partial charge in [0.25, 0.3) is 0 Å². The Labute approximate surface area is 277 Å². The van der Waals surface area contributed by atoms with Crippen LogP contribution in [0.4, 0.5) is 0 Å². The van der Waals surface area contributed by atoms with Gasteiger partial charge in [-0.2, -0.15) is 0 Å². The Kier molecular flexibility index (Phi) is 174. The van der Waals surface area contributed by atoms with Crippen LogP contribution >= 0.6 is 0 Å². The standard InChI is InChI=1S/10BH3O3.Ca.3H2O/c10*2-1(3)4;;;;/h10*2-4H;;3*1H2/q;;;;;;;;;;+2;;;/p-2. The first-order valence-electron chi connectivity index (χ1n) is 7.75. The van der Waals surface area contributed by atoms with E-state index in [1.54, 1.807) is 0 Å². The third kappa shape index (κ3) is 212000. The first-order valence-corrected chi connectivity index (χ1v) is 7.75. The van der Waals surface area contributed by atoms with Gasteiger partial charge in [-0.3, -0.25) is 0 Å². The van der Waals surface area contributed by atoms with Crippen molar-refractivity contribution in [1.29, 1.82) is 0 Å². The minimum absolute atomic E-state index is 0. The second kappa shape index (κ2) is 84.5. The van der Waals surface area contributed by atoms with Gasteiger partial charge in [0, 0.05) is 0 Å². The second-order valence-corrected chi connectivity index (χ2v) is 3.46. The maximum atomic E-state index is 7.17. The van der Waals surface area contributed by atoms with Crippen molar-refractivity contribution >= 4 is 111 Å². The van der Waals surface area contributed by atoms with Crippen LogP contribution in [-0.4, -0.2) is 278 Å². The van der Waals surface area contributed by atoms with Crippen LogP contribution < -0.4 is 0 Å². The quantitative estimate of drug-likeness (QED) is 0.104. The average Bonchev–Trinajstić information content (AvgIpc) is 2.47. The van der Waals surface area contributed by atoms with E-state index in [1.165, 1.54) is 0 Å². The monoisotopic (exact) mass is 712 g/mol. The van der Waals surface area contributed by atoms with Crippen molar-refractivity contribution in [2.75, 3.05) is 0 Å². The SMILES string of the molecule is O.OB(O)O.OB(O)O.OB(O)O.OB(O)O.OB(O)O.OB(O)O.OB(O)O.OB(O)O.OB(O)O.OB(O)O.[Ca+2].[OH-].[OH-]. The van der Waals surface area contributed by atoms with E-state index in [0.29, 0.717) is 0 Å². The topological polar surface area (TPSA) is 698 Å². The van der Waals surface area contributed by atoms with Crippen LogP contribution in [0, 0.1) is 0 Å². The third-order valence-corrected chi connectivity index (χ3v) is 0. The van der Waals surface area contributed by atoms with E-state index in [-0.39, 0.29) is 54.2 Å². The fourth-order valence-electron chi connectivity index (χ4n) is 0. The van der Waals surface area contributed by atoms with Gasteiger partial charge >= 0.3 is 111 Å². The predicted octanol–water partition coefficient (Wildman–Crippen LogP) is -22.1. The Morgan fingerprint density at radius 2 is 0.159 bits per heavy atom. The molecule has 0 bridgehead atoms. The van der Waals surface area contributed by atoms with Crippen molar-refractivity contribution < 1.29 is 167 Å². The number of hydrogen-bond acceptors (Lipinski definition) is 32. The summed E-state index contributed by atoms with van der Waals surface area (Å²) < 4.78 is 0. The smallest absolute Gasteiger partial charge is 0.870 e. The van der Waals surface area contributed by atoms with E-state index >= 15 is 0 Å². The van der Waals surface area contributed by atoms with Gasteiger partial charge in [0.15, 0.2) is 0 Å². The summed E-state index contributed by atoms with van der Waals surface area (Å²) in [5, 5.41) is 215. The van der Waals surface area contributed by atoms with Gasteiger partial charge in [0.05, 0.1) is 0 Å². The molecule has 0 rings (SSSR count). The summed E-state index contributed by atoms with van der Waals surface area (Å²) in [6.07, 6.45) is 0. The number of rotatable bonds is 0. The van der Waals surface area contributed by atoms with Gasteiger partial charge in [-0.1, -0.05) is 0 Å². The molecule has 0 aliphatic heterocycles. The molecule has 0 aromatic carbocycles. The minimum atomic E-state index is -2.17. The van der Waals surface area contributed by atoms with Gasteiger partial charge in [0.1, 0.15) is 0 Å². The normalized spacial score (nSPS) is 6.14. The van der Waals surface area contributed by atoms with Gasteiger partial charge in [-0.05, 0) is 0 Å². The first-order chi connectivity index (χ1) is 17.3. The van der Waals surface area contributed by atoms with Crippen LogP contribution in [0.2, 0.25) is 0 Å². The summed E-state index contributed by atoms with van der Waals surface area (Å²) in [4.78, 5) is 0. The molecule has 0 radical (unpaired) electrons. The summed E-state index contributed by atoms with van der Waals surface area (Å²) in [7, 11) is -21.7. The van der Waals surface area contributed by atoms with Crippen LogP contribution in [0.5, 0.6) is 0 Å². The molecular formula is H34B10CaO33. The number of hydrogen-bond donors (Lipinski definition) is 30. The molecule has 0 atom stereocenters. The Balaban J connectivity index is -0.0000000187. The Morgan fingerprint density at radius 3 is 0.159 bits per heavy atom. The van der Waals surface area contributed by atoms with E-state index < -0.39 is 73.2 Å². The molecule has 44 heteroatoms. The van der Waals surface area contributed by atoms with Crippen molar-refractivity contribution in [2.24, 2.45) is 0 Å². The summed E-state index contributed by atoms with van der Waals surface area (Å²) in [6.45, 7) is 0. The van der Waals surface area contributed by atoms with Crippen molar-refractivity contribution in [3.63, 3.8) is 0 Å². The molecule has 0 amide bonds. The van der Waals surface area contributed by atoms with Gasteiger partial charge in [0.2, 0.25) is 0 Å². The zero-order valence-electron chi connectivity index (χ0n) is 21.3. The molecule has 0 spiro atoms. The molecule has 0 aliphatic rings. The van der Waals surface area contributed by atoms with Crippen molar-refractivity contribution in [2.45, 2.75) is 0 Å². The molecule has 0 saturated heterocycles. The van der Waals surface area contributed by atoms with Crippen LogP contribution in [0.25, 0.3) is 0 Å². The van der Waals surface area contributed by atoms with Crippen molar-refractivity contribution in [3.05, 3.63) is 0 Å². The molecule has 0 aliphatic carbocycles. The van der Waals surface area contributed by atoms with Crippen molar-refractivity contribution in [3.8, 4) is 0 Å². The predicted molar refractivity (Wildman–Crippen MR) is 137 cm³/mol. The third-order valence-electron chi connectivity index (χ3n) is 0. The second-order valence-electron chi connectivity index (χ2n) is 3.46. The van der Waals surface area contributed by atoms with Crippen molar-refractivity contribution in [1.82, 2.24) is 0 Å². The molecule has 0 saturated carbocycles. The molecule has 33 nitrogen and oxygen atoms in total. The van der Waals surface area contributed by atoms with Crippen LogP contribution in [0.15, 0.2) is 0 Å². The summed E-state index contributed by atoms with van der Waals surface area (Å²) in [6, 6.07) is 0. The Bertz CT molecular complexity index is 188. The van der Waals surface area contributed by atoms with Crippen LogP contribution in [-0.2, 0) is 0 Å². The van der Waals surface area contributed by atoms with E-state index in [0.717, 1.165) is 0 Å². The van der Waals surface area contributed by atoms with Gasteiger partial charge in [-0.15, -0.1) is 0 Å².